The zero-order valence-electron chi connectivity index (χ0n) is 10.3. The van der Waals surface area contributed by atoms with Gasteiger partial charge in [-0.1, -0.05) is 29.3 Å². The van der Waals surface area contributed by atoms with Gasteiger partial charge in [-0.25, -0.2) is 8.60 Å². The van der Waals surface area contributed by atoms with Crippen LogP contribution in [0.3, 0.4) is 0 Å². The third-order valence-corrected chi connectivity index (χ3v) is 4.92. The molecule has 0 heterocycles. The number of nitrogens with one attached hydrogen (secondary N) is 1. The molecule has 2 aromatic carbocycles. The molecule has 0 saturated heterocycles. The van der Waals surface area contributed by atoms with Crippen molar-refractivity contribution in [2.45, 2.75) is 9.79 Å². The average Bonchev–Trinajstić information content (AvgIpc) is 2.42. The SMILES string of the molecule is CSc1ccc(Cl)cc1NS(=O)c1cccc(Cl)c1F. The van der Waals surface area contributed by atoms with Crippen LogP contribution in [0, 0.1) is 5.82 Å². The van der Waals surface area contributed by atoms with Gasteiger partial charge in [0.05, 0.1) is 15.6 Å². The van der Waals surface area contributed by atoms with Crippen molar-refractivity contribution >= 4 is 51.6 Å². The zero-order chi connectivity index (χ0) is 14.7. The Morgan fingerprint density at radius 2 is 2.00 bits per heavy atom. The van der Waals surface area contributed by atoms with Crippen LogP contribution in [0.5, 0.6) is 0 Å². The molecule has 2 nitrogen and oxygen atoms in total. The lowest BCUT2D eigenvalue weighted by Crippen LogP contribution is -2.07. The average molecular weight is 350 g/mol. The molecular formula is C13H10Cl2FNOS2. The largest absolute Gasteiger partial charge is 0.300 e. The number of thioether (sulfide) groups is 1. The Hall–Kier alpha value is -0.750. The molecule has 0 aromatic heterocycles. The van der Waals surface area contributed by atoms with E-state index < -0.39 is 16.8 Å². The van der Waals surface area contributed by atoms with Crippen LogP contribution >= 0.6 is 35.0 Å². The van der Waals surface area contributed by atoms with Gasteiger partial charge in [0, 0.05) is 9.92 Å². The maximum atomic E-state index is 13.8. The lowest BCUT2D eigenvalue weighted by Gasteiger charge is -2.11. The van der Waals surface area contributed by atoms with Crippen molar-refractivity contribution in [1.29, 1.82) is 0 Å². The van der Waals surface area contributed by atoms with Crippen LogP contribution in [0.1, 0.15) is 0 Å². The maximum Gasteiger partial charge on any atom is 0.159 e. The summed E-state index contributed by atoms with van der Waals surface area (Å²) in [5, 5.41) is 0.447. The van der Waals surface area contributed by atoms with Gasteiger partial charge in [-0.15, -0.1) is 11.8 Å². The number of halogens is 3. The van der Waals surface area contributed by atoms with E-state index >= 15 is 0 Å². The van der Waals surface area contributed by atoms with Crippen LogP contribution in [-0.2, 0) is 11.0 Å². The number of rotatable bonds is 4. The summed E-state index contributed by atoms with van der Waals surface area (Å²) < 4.78 is 28.8. The Balaban J connectivity index is 2.32. The second-order valence-corrected chi connectivity index (χ2v) is 6.64. The van der Waals surface area contributed by atoms with Gasteiger partial charge in [0.2, 0.25) is 0 Å². The van der Waals surface area contributed by atoms with Crippen molar-refractivity contribution in [1.82, 2.24) is 0 Å². The van der Waals surface area contributed by atoms with Crippen LogP contribution in [0.2, 0.25) is 10.0 Å². The van der Waals surface area contributed by atoms with E-state index in [0.717, 1.165) is 4.90 Å². The normalized spacial score (nSPS) is 12.2. The van der Waals surface area contributed by atoms with E-state index in [0.29, 0.717) is 10.7 Å². The number of hydrogen-bond donors (Lipinski definition) is 1. The first-order valence-corrected chi connectivity index (χ1v) is 8.62. The highest BCUT2D eigenvalue weighted by molar-refractivity contribution is 7.98. The molecule has 2 aromatic rings. The van der Waals surface area contributed by atoms with E-state index in [1.165, 1.54) is 23.9 Å². The van der Waals surface area contributed by atoms with Crippen molar-refractivity contribution in [2.24, 2.45) is 0 Å². The molecule has 0 aliphatic heterocycles. The molecule has 0 saturated carbocycles. The highest BCUT2D eigenvalue weighted by Crippen LogP contribution is 2.30. The van der Waals surface area contributed by atoms with Crippen LogP contribution in [-0.4, -0.2) is 10.5 Å². The van der Waals surface area contributed by atoms with Gasteiger partial charge in [0.15, 0.2) is 16.8 Å². The summed E-state index contributed by atoms with van der Waals surface area (Å²) in [6, 6.07) is 9.57. The van der Waals surface area contributed by atoms with Gasteiger partial charge in [-0.2, -0.15) is 0 Å². The van der Waals surface area contributed by atoms with Crippen LogP contribution < -0.4 is 4.72 Å². The lowest BCUT2D eigenvalue weighted by molar-refractivity contribution is 0.596. The fourth-order valence-electron chi connectivity index (χ4n) is 1.54. The van der Waals surface area contributed by atoms with Crippen molar-refractivity contribution < 1.29 is 8.60 Å². The molecule has 0 bridgehead atoms. The second-order valence-electron chi connectivity index (χ2n) is 3.77. The summed E-state index contributed by atoms with van der Waals surface area (Å²) in [6.07, 6.45) is 1.89. The van der Waals surface area contributed by atoms with E-state index in [4.69, 9.17) is 23.2 Å². The zero-order valence-corrected chi connectivity index (χ0v) is 13.5. The molecule has 2 rings (SSSR count). The minimum absolute atomic E-state index is 0.00419. The van der Waals surface area contributed by atoms with Crippen LogP contribution in [0.15, 0.2) is 46.2 Å². The standard InChI is InChI=1S/C13H10Cl2FNOS2/c1-19-11-6-5-8(14)7-10(11)17-20(18)12-4-2-3-9(15)13(12)16/h2-7,17H,1H3. The molecule has 0 aliphatic carbocycles. The first-order valence-electron chi connectivity index (χ1n) is 5.49. The fourth-order valence-corrected chi connectivity index (χ4v) is 3.50. The summed E-state index contributed by atoms with van der Waals surface area (Å²) in [4.78, 5) is 0.870. The van der Waals surface area contributed by atoms with Gasteiger partial charge in [-0.05, 0) is 36.6 Å². The summed E-state index contributed by atoms with van der Waals surface area (Å²) in [7, 11) is -1.76. The van der Waals surface area contributed by atoms with Crippen molar-refractivity contribution in [3.05, 3.63) is 52.3 Å². The smallest absolute Gasteiger partial charge is 0.159 e. The fraction of sp³-hybridized carbons (Fsp3) is 0.0769. The number of hydrogen-bond acceptors (Lipinski definition) is 2. The Morgan fingerprint density at radius 3 is 2.70 bits per heavy atom. The highest BCUT2D eigenvalue weighted by atomic mass is 35.5. The van der Waals surface area contributed by atoms with E-state index in [-0.39, 0.29) is 9.92 Å². The first kappa shape index (κ1) is 15.6. The highest BCUT2D eigenvalue weighted by Gasteiger charge is 2.14. The van der Waals surface area contributed by atoms with Crippen LogP contribution in [0.25, 0.3) is 0 Å². The predicted octanol–water partition coefficient (Wildman–Crippen LogP) is 4.99. The van der Waals surface area contributed by atoms with Crippen molar-refractivity contribution in [2.75, 3.05) is 11.0 Å². The summed E-state index contributed by atoms with van der Waals surface area (Å²) in [5.41, 5.74) is 0.586. The van der Waals surface area contributed by atoms with Gasteiger partial charge in [-0.3, -0.25) is 4.72 Å². The molecule has 1 N–H and O–H groups in total. The minimum Gasteiger partial charge on any atom is -0.300 e. The molecule has 0 spiro atoms. The van der Waals surface area contributed by atoms with E-state index in [1.54, 1.807) is 24.3 Å². The van der Waals surface area contributed by atoms with Gasteiger partial charge < -0.3 is 0 Å². The maximum absolute atomic E-state index is 13.8. The van der Waals surface area contributed by atoms with Gasteiger partial charge >= 0.3 is 0 Å². The monoisotopic (exact) mass is 349 g/mol. The number of anilines is 1. The van der Waals surface area contributed by atoms with Crippen molar-refractivity contribution in [3.63, 3.8) is 0 Å². The molecule has 106 valence electrons. The molecular weight excluding hydrogens is 340 g/mol. The molecule has 1 atom stereocenters. The van der Waals surface area contributed by atoms with Gasteiger partial charge in [0.25, 0.3) is 0 Å². The quantitative estimate of drug-likeness (QED) is 0.787. The summed E-state index contributed by atoms with van der Waals surface area (Å²) in [6.45, 7) is 0. The molecule has 7 heteroatoms. The first-order chi connectivity index (χ1) is 9.52. The van der Waals surface area contributed by atoms with Gasteiger partial charge in [0.1, 0.15) is 0 Å². The molecule has 20 heavy (non-hydrogen) atoms. The third-order valence-electron chi connectivity index (χ3n) is 2.48. The summed E-state index contributed by atoms with van der Waals surface area (Å²) in [5.74, 6) is -0.687. The Morgan fingerprint density at radius 1 is 1.25 bits per heavy atom. The molecule has 0 amide bonds. The topological polar surface area (TPSA) is 29.1 Å². The number of benzene rings is 2. The van der Waals surface area contributed by atoms with E-state index in [1.807, 2.05) is 6.26 Å². The van der Waals surface area contributed by atoms with E-state index in [9.17, 15) is 8.60 Å². The minimum atomic E-state index is -1.76. The molecule has 0 aliphatic rings. The molecule has 1 unspecified atom stereocenters. The lowest BCUT2D eigenvalue weighted by atomic mass is 10.3. The molecule has 0 fully saturated rings. The Labute approximate surface area is 133 Å². The Bertz CT molecular complexity index is 667. The van der Waals surface area contributed by atoms with Crippen LogP contribution in [0.4, 0.5) is 10.1 Å². The Kier molecular flexibility index (Phi) is 5.32. The molecule has 0 radical (unpaired) electrons. The predicted molar refractivity (Wildman–Crippen MR) is 84.7 cm³/mol. The third kappa shape index (κ3) is 3.47. The second kappa shape index (κ2) is 6.80. The van der Waals surface area contributed by atoms with E-state index in [2.05, 4.69) is 4.72 Å². The van der Waals surface area contributed by atoms with Crippen molar-refractivity contribution in [3.8, 4) is 0 Å². The summed E-state index contributed by atoms with van der Waals surface area (Å²) >= 11 is 13.1.